The van der Waals surface area contributed by atoms with Crippen LogP contribution in [0.3, 0.4) is 0 Å². The molecule has 1 unspecified atom stereocenters. The Morgan fingerprint density at radius 2 is 2.24 bits per heavy atom. The molecule has 4 nitrogen and oxygen atoms in total. The second kappa shape index (κ2) is 6.12. The van der Waals surface area contributed by atoms with Crippen LogP contribution in [0.5, 0.6) is 5.75 Å². The number of ether oxygens (including phenoxy) is 1. The van der Waals surface area contributed by atoms with Crippen LogP contribution in [0.4, 0.5) is 0 Å². The average Bonchev–Trinajstić information content (AvgIpc) is 3.01. The number of rotatable bonds is 4. The van der Waals surface area contributed by atoms with Crippen LogP contribution in [0.25, 0.3) is 10.9 Å². The predicted octanol–water partition coefficient (Wildman–Crippen LogP) is 2.14. The van der Waals surface area contributed by atoms with E-state index in [-0.39, 0.29) is 5.56 Å². The van der Waals surface area contributed by atoms with Gasteiger partial charge in [-0.3, -0.25) is 4.79 Å². The van der Waals surface area contributed by atoms with E-state index in [0.717, 1.165) is 41.9 Å². The molecule has 1 aromatic heterocycles. The second-order valence-corrected chi connectivity index (χ2v) is 6.63. The van der Waals surface area contributed by atoms with Crippen LogP contribution >= 0.6 is 11.8 Å². The van der Waals surface area contributed by atoms with Crippen molar-refractivity contribution in [2.24, 2.45) is 7.05 Å². The van der Waals surface area contributed by atoms with Crippen LogP contribution in [0.1, 0.15) is 12.0 Å². The summed E-state index contributed by atoms with van der Waals surface area (Å²) < 4.78 is 7.09. The van der Waals surface area contributed by atoms with Gasteiger partial charge in [0, 0.05) is 36.2 Å². The summed E-state index contributed by atoms with van der Waals surface area (Å²) in [6.07, 6.45) is 2.18. The van der Waals surface area contributed by atoms with E-state index < -0.39 is 0 Å². The number of fused-ring (bicyclic) bond motifs is 1. The summed E-state index contributed by atoms with van der Waals surface area (Å²) in [6, 6.07) is 7.66. The lowest BCUT2D eigenvalue weighted by molar-refractivity contribution is 0.417. The maximum Gasteiger partial charge on any atom is 0.250 e. The van der Waals surface area contributed by atoms with Crippen molar-refractivity contribution >= 4 is 22.7 Å². The standard InChI is InChI=1S/C16H20N2O2S/c1-18-15(19)8-6-13-11(3-5-12-9-17-10-21-12)4-7-14(20-2)16(13)18/h4,6-8,12,17H,3,5,9-10H2,1-2H3. The lowest BCUT2D eigenvalue weighted by atomic mass is 10.0. The summed E-state index contributed by atoms with van der Waals surface area (Å²) in [5, 5.41) is 5.19. The van der Waals surface area contributed by atoms with Gasteiger partial charge in [0.05, 0.1) is 12.6 Å². The number of pyridine rings is 1. The van der Waals surface area contributed by atoms with Gasteiger partial charge < -0.3 is 14.6 Å². The number of methoxy groups -OCH3 is 1. The molecule has 1 atom stereocenters. The molecular weight excluding hydrogens is 284 g/mol. The molecule has 112 valence electrons. The highest BCUT2D eigenvalue weighted by Gasteiger charge is 2.16. The van der Waals surface area contributed by atoms with Gasteiger partial charge >= 0.3 is 0 Å². The van der Waals surface area contributed by atoms with Crippen molar-refractivity contribution in [3.05, 3.63) is 40.2 Å². The van der Waals surface area contributed by atoms with E-state index in [1.807, 2.05) is 23.9 Å². The minimum atomic E-state index is -0.00602. The maximum atomic E-state index is 11.9. The Kier molecular flexibility index (Phi) is 4.22. The van der Waals surface area contributed by atoms with Crippen molar-refractivity contribution in [1.29, 1.82) is 0 Å². The highest BCUT2D eigenvalue weighted by molar-refractivity contribution is 8.00. The van der Waals surface area contributed by atoms with Crippen LogP contribution < -0.4 is 15.6 Å². The number of thioether (sulfide) groups is 1. The van der Waals surface area contributed by atoms with Gasteiger partial charge in [0.15, 0.2) is 0 Å². The minimum Gasteiger partial charge on any atom is -0.495 e. The van der Waals surface area contributed by atoms with E-state index in [1.54, 1.807) is 24.8 Å². The number of nitrogens with one attached hydrogen (secondary N) is 1. The number of benzene rings is 1. The largest absolute Gasteiger partial charge is 0.495 e. The predicted molar refractivity (Wildman–Crippen MR) is 88.3 cm³/mol. The minimum absolute atomic E-state index is 0.00602. The highest BCUT2D eigenvalue weighted by Crippen LogP contribution is 2.29. The van der Waals surface area contributed by atoms with Crippen molar-refractivity contribution in [3.8, 4) is 5.75 Å². The Morgan fingerprint density at radius 1 is 1.38 bits per heavy atom. The molecule has 0 radical (unpaired) electrons. The monoisotopic (exact) mass is 304 g/mol. The molecule has 0 saturated carbocycles. The zero-order valence-corrected chi connectivity index (χ0v) is 13.2. The summed E-state index contributed by atoms with van der Waals surface area (Å²) in [5.41, 5.74) is 2.17. The quantitative estimate of drug-likeness (QED) is 0.940. The first-order chi connectivity index (χ1) is 10.2. The molecule has 0 bridgehead atoms. The molecule has 0 amide bonds. The van der Waals surface area contributed by atoms with Gasteiger partial charge in [-0.05, 0) is 30.5 Å². The fourth-order valence-electron chi connectivity index (χ4n) is 2.88. The van der Waals surface area contributed by atoms with Gasteiger partial charge in [-0.25, -0.2) is 0 Å². The van der Waals surface area contributed by atoms with Crippen LogP contribution in [0, 0.1) is 0 Å². The van der Waals surface area contributed by atoms with Gasteiger partial charge in [0.25, 0.3) is 5.56 Å². The third kappa shape index (κ3) is 2.80. The molecule has 1 aliphatic heterocycles. The molecule has 1 saturated heterocycles. The molecule has 2 aromatic rings. The fourth-order valence-corrected chi connectivity index (χ4v) is 3.87. The Hall–Kier alpha value is -1.46. The summed E-state index contributed by atoms with van der Waals surface area (Å²) in [5.74, 6) is 1.81. The molecule has 2 heterocycles. The van der Waals surface area contributed by atoms with E-state index in [2.05, 4.69) is 11.4 Å². The smallest absolute Gasteiger partial charge is 0.250 e. The first kappa shape index (κ1) is 14.5. The van der Waals surface area contributed by atoms with E-state index >= 15 is 0 Å². The first-order valence-electron chi connectivity index (χ1n) is 7.18. The SMILES string of the molecule is COc1ccc(CCC2CNCS2)c2ccc(=O)n(C)c12. The van der Waals surface area contributed by atoms with Gasteiger partial charge in [0.2, 0.25) is 0 Å². The molecule has 1 aromatic carbocycles. The third-order valence-corrected chi connectivity index (χ3v) is 5.32. The van der Waals surface area contributed by atoms with Crippen LogP contribution in [-0.4, -0.2) is 29.3 Å². The molecule has 1 N–H and O–H groups in total. The van der Waals surface area contributed by atoms with E-state index in [9.17, 15) is 4.79 Å². The number of aryl methyl sites for hydroxylation is 2. The van der Waals surface area contributed by atoms with Crippen LogP contribution in [0.15, 0.2) is 29.1 Å². The van der Waals surface area contributed by atoms with Crippen molar-refractivity contribution in [3.63, 3.8) is 0 Å². The summed E-state index contributed by atoms with van der Waals surface area (Å²) in [7, 11) is 3.44. The Balaban J connectivity index is 1.99. The molecule has 3 rings (SSSR count). The maximum absolute atomic E-state index is 11.9. The van der Waals surface area contributed by atoms with Gasteiger partial charge in [-0.15, -0.1) is 11.8 Å². The molecule has 21 heavy (non-hydrogen) atoms. The second-order valence-electron chi connectivity index (χ2n) is 5.35. The molecular formula is C16H20N2O2S. The zero-order chi connectivity index (χ0) is 14.8. The lowest BCUT2D eigenvalue weighted by Crippen LogP contribution is -2.16. The molecule has 5 heteroatoms. The zero-order valence-electron chi connectivity index (χ0n) is 12.4. The van der Waals surface area contributed by atoms with Crippen molar-refractivity contribution in [1.82, 2.24) is 9.88 Å². The summed E-state index contributed by atoms with van der Waals surface area (Å²) >= 11 is 1.99. The normalized spacial score (nSPS) is 18.3. The third-order valence-electron chi connectivity index (χ3n) is 4.08. The summed E-state index contributed by atoms with van der Waals surface area (Å²) in [6.45, 7) is 1.09. The van der Waals surface area contributed by atoms with Crippen molar-refractivity contribution < 1.29 is 4.74 Å². The van der Waals surface area contributed by atoms with E-state index in [0.29, 0.717) is 5.25 Å². The molecule has 0 spiro atoms. The average molecular weight is 304 g/mol. The number of hydrogen-bond donors (Lipinski definition) is 1. The number of aromatic nitrogens is 1. The lowest BCUT2D eigenvalue weighted by Gasteiger charge is -2.14. The number of nitrogens with zero attached hydrogens (tertiary/aromatic N) is 1. The Labute approximate surface area is 128 Å². The molecule has 1 fully saturated rings. The van der Waals surface area contributed by atoms with Crippen LogP contribution in [0.2, 0.25) is 0 Å². The Morgan fingerprint density at radius 3 is 2.95 bits per heavy atom. The van der Waals surface area contributed by atoms with Crippen molar-refractivity contribution in [2.75, 3.05) is 19.5 Å². The molecule has 0 aliphatic carbocycles. The van der Waals surface area contributed by atoms with E-state index in [4.69, 9.17) is 4.74 Å². The number of hydrogen-bond acceptors (Lipinski definition) is 4. The fraction of sp³-hybridized carbons (Fsp3) is 0.438. The first-order valence-corrected chi connectivity index (χ1v) is 8.23. The topological polar surface area (TPSA) is 43.3 Å². The van der Waals surface area contributed by atoms with Gasteiger partial charge in [-0.1, -0.05) is 6.07 Å². The summed E-state index contributed by atoms with van der Waals surface area (Å²) in [4.78, 5) is 11.9. The highest BCUT2D eigenvalue weighted by atomic mass is 32.2. The Bertz CT molecular complexity index is 705. The van der Waals surface area contributed by atoms with E-state index in [1.165, 1.54) is 5.56 Å². The van der Waals surface area contributed by atoms with Crippen LogP contribution in [-0.2, 0) is 13.5 Å². The van der Waals surface area contributed by atoms with Crippen molar-refractivity contribution in [2.45, 2.75) is 18.1 Å². The molecule has 1 aliphatic rings. The van der Waals surface area contributed by atoms with Gasteiger partial charge in [0.1, 0.15) is 5.75 Å². The van der Waals surface area contributed by atoms with Gasteiger partial charge in [-0.2, -0.15) is 0 Å².